The van der Waals surface area contributed by atoms with E-state index in [1.165, 1.54) is 0 Å². The Hall–Kier alpha value is -2.46. The predicted molar refractivity (Wildman–Crippen MR) is 91.5 cm³/mol. The molecule has 23 heavy (non-hydrogen) atoms. The number of nitrogens with one attached hydrogen (secondary N) is 1. The molecule has 120 valence electrons. The van der Waals surface area contributed by atoms with Crippen LogP contribution in [-0.2, 0) is 0 Å². The third-order valence-corrected chi connectivity index (χ3v) is 3.75. The maximum absolute atomic E-state index is 12.3. The van der Waals surface area contributed by atoms with E-state index in [1.54, 1.807) is 36.4 Å². The summed E-state index contributed by atoms with van der Waals surface area (Å²) in [7, 11) is 3.85. The molecule has 1 unspecified atom stereocenters. The van der Waals surface area contributed by atoms with E-state index in [0.29, 0.717) is 16.7 Å². The van der Waals surface area contributed by atoms with Gasteiger partial charge in [0.2, 0.25) is 0 Å². The van der Waals surface area contributed by atoms with Crippen LogP contribution in [0.3, 0.4) is 0 Å². The highest BCUT2D eigenvalue weighted by atomic mass is 16.2. The van der Waals surface area contributed by atoms with Gasteiger partial charge in [-0.1, -0.05) is 49.4 Å². The summed E-state index contributed by atoms with van der Waals surface area (Å²) in [5.41, 5.74) is 1.77. The summed E-state index contributed by atoms with van der Waals surface area (Å²) >= 11 is 0. The van der Waals surface area contributed by atoms with E-state index in [1.807, 2.05) is 44.1 Å². The second-order valence-electron chi connectivity index (χ2n) is 5.63. The molecule has 0 aliphatic rings. The fraction of sp³-hybridized carbons (Fsp3) is 0.263. The van der Waals surface area contributed by atoms with Crippen molar-refractivity contribution in [3.05, 3.63) is 71.3 Å². The Morgan fingerprint density at radius 1 is 0.913 bits per heavy atom. The Kier molecular flexibility index (Phi) is 5.66. The number of carbonyl (C=O) groups is 2. The van der Waals surface area contributed by atoms with Crippen LogP contribution in [0.15, 0.2) is 54.6 Å². The minimum atomic E-state index is -0.135. The lowest BCUT2D eigenvalue weighted by Gasteiger charge is -2.24. The van der Waals surface area contributed by atoms with Crippen molar-refractivity contribution in [2.75, 3.05) is 14.1 Å². The average molecular weight is 310 g/mol. The van der Waals surface area contributed by atoms with Crippen LogP contribution < -0.4 is 5.32 Å². The van der Waals surface area contributed by atoms with Crippen molar-refractivity contribution in [3.8, 4) is 0 Å². The molecule has 0 aromatic heterocycles. The molecular weight excluding hydrogens is 288 g/mol. The first-order chi connectivity index (χ1) is 11.0. The Balaban J connectivity index is 2.10. The SMILES string of the molecule is CCC(NC(=O)c1ccc(C(=O)c2ccccc2)cc1)N(C)C. The molecular formula is C19H22N2O2. The number of amides is 1. The fourth-order valence-electron chi connectivity index (χ4n) is 2.36. The van der Waals surface area contributed by atoms with E-state index in [0.717, 1.165) is 6.42 Å². The minimum absolute atomic E-state index is 0.00636. The van der Waals surface area contributed by atoms with Gasteiger partial charge < -0.3 is 5.32 Å². The molecule has 0 aliphatic carbocycles. The van der Waals surface area contributed by atoms with Crippen LogP contribution in [0.5, 0.6) is 0 Å². The Morgan fingerprint density at radius 2 is 1.43 bits per heavy atom. The molecule has 0 bridgehead atoms. The lowest BCUT2D eigenvalue weighted by atomic mass is 10.0. The highest BCUT2D eigenvalue weighted by Crippen LogP contribution is 2.11. The summed E-state index contributed by atoms with van der Waals surface area (Å²) in [5, 5.41) is 2.96. The molecule has 1 amide bonds. The molecule has 2 aromatic carbocycles. The topological polar surface area (TPSA) is 49.4 Å². The standard InChI is InChI=1S/C19H22N2O2/c1-4-17(21(2)3)20-19(23)16-12-10-15(11-13-16)18(22)14-8-6-5-7-9-14/h5-13,17H,4H2,1-3H3,(H,20,23). The maximum Gasteiger partial charge on any atom is 0.252 e. The second kappa shape index (κ2) is 7.70. The summed E-state index contributed by atoms with van der Waals surface area (Å²) < 4.78 is 0. The van der Waals surface area contributed by atoms with Crippen molar-refractivity contribution in [1.82, 2.24) is 10.2 Å². The number of nitrogens with zero attached hydrogens (tertiary/aromatic N) is 1. The van der Waals surface area contributed by atoms with E-state index in [4.69, 9.17) is 0 Å². The van der Waals surface area contributed by atoms with Crippen LogP contribution in [0.4, 0.5) is 0 Å². The van der Waals surface area contributed by atoms with E-state index in [9.17, 15) is 9.59 Å². The highest BCUT2D eigenvalue weighted by molar-refractivity contribution is 6.09. The van der Waals surface area contributed by atoms with Crippen LogP contribution >= 0.6 is 0 Å². The smallest absolute Gasteiger partial charge is 0.252 e. The fourth-order valence-corrected chi connectivity index (χ4v) is 2.36. The Bertz CT molecular complexity index is 664. The van der Waals surface area contributed by atoms with Gasteiger partial charge in [0.1, 0.15) is 0 Å². The lowest BCUT2D eigenvalue weighted by Crippen LogP contribution is -2.44. The number of hydrogen-bond donors (Lipinski definition) is 1. The van der Waals surface area contributed by atoms with E-state index >= 15 is 0 Å². The number of rotatable bonds is 6. The van der Waals surface area contributed by atoms with Crippen LogP contribution in [0.25, 0.3) is 0 Å². The van der Waals surface area contributed by atoms with Crippen molar-refractivity contribution >= 4 is 11.7 Å². The Morgan fingerprint density at radius 3 is 1.96 bits per heavy atom. The number of hydrogen-bond acceptors (Lipinski definition) is 3. The van der Waals surface area contributed by atoms with Gasteiger partial charge in [-0.2, -0.15) is 0 Å². The van der Waals surface area contributed by atoms with Gasteiger partial charge in [-0.3, -0.25) is 14.5 Å². The van der Waals surface area contributed by atoms with Gasteiger partial charge in [-0.05, 0) is 32.6 Å². The summed E-state index contributed by atoms with van der Waals surface area (Å²) in [4.78, 5) is 26.5. The van der Waals surface area contributed by atoms with Crippen LogP contribution in [0.2, 0.25) is 0 Å². The zero-order valence-corrected chi connectivity index (χ0v) is 13.7. The van der Waals surface area contributed by atoms with Gasteiger partial charge in [0.25, 0.3) is 5.91 Å². The minimum Gasteiger partial charge on any atom is -0.337 e. The van der Waals surface area contributed by atoms with Crippen molar-refractivity contribution in [2.45, 2.75) is 19.5 Å². The predicted octanol–water partition coefficient (Wildman–Crippen LogP) is 2.95. The number of ketones is 1. The monoisotopic (exact) mass is 310 g/mol. The summed E-state index contributed by atoms with van der Waals surface area (Å²) in [6.07, 6.45) is 0.816. The second-order valence-corrected chi connectivity index (χ2v) is 5.63. The molecule has 1 N–H and O–H groups in total. The van der Waals surface area contributed by atoms with Gasteiger partial charge in [0.15, 0.2) is 5.78 Å². The molecule has 4 nitrogen and oxygen atoms in total. The average Bonchev–Trinajstić information content (AvgIpc) is 2.59. The molecule has 0 saturated heterocycles. The van der Waals surface area contributed by atoms with E-state index in [-0.39, 0.29) is 17.9 Å². The maximum atomic E-state index is 12.3. The van der Waals surface area contributed by atoms with Gasteiger partial charge in [-0.15, -0.1) is 0 Å². The van der Waals surface area contributed by atoms with Crippen LogP contribution in [0, 0.1) is 0 Å². The zero-order valence-electron chi connectivity index (χ0n) is 13.7. The molecule has 2 aromatic rings. The van der Waals surface area contributed by atoms with Gasteiger partial charge in [0.05, 0.1) is 6.17 Å². The summed E-state index contributed by atoms with van der Waals surface area (Å²) in [6, 6.07) is 15.9. The van der Waals surface area contributed by atoms with Crippen molar-refractivity contribution < 1.29 is 9.59 Å². The van der Waals surface area contributed by atoms with E-state index < -0.39 is 0 Å². The number of carbonyl (C=O) groups excluding carboxylic acids is 2. The van der Waals surface area contributed by atoms with Crippen LogP contribution in [0.1, 0.15) is 39.6 Å². The summed E-state index contributed by atoms with van der Waals surface area (Å²) in [6.45, 7) is 2.02. The number of benzene rings is 2. The largest absolute Gasteiger partial charge is 0.337 e. The van der Waals surface area contributed by atoms with Crippen molar-refractivity contribution in [2.24, 2.45) is 0 Å². The molecule has 0 aliphatic heterocycles. The lowest BCUT2D eigenvalue weighted by molar-refractivity contribution is 0.0886. The molecule has 0 spiro atoms. The highest BCUT2D eigenvalue weighted by Gasteiger charge is 2.14. The molecule has 0 heterocycles. The molecule has 0 saturated carbocycles. The normalized spacial score (nSPS) is 12.0. The van der Waals surface area contributed by atoms with Crippen molar-refractivity contribution in [3.63, 3.8) is 0 Å². The Labute approximate surface area is 137 Å². The van der Waals surface area contributed by atoms with Crippen molar-refractivity contribution in [1.29, 1.82) is 0 Å². The van der Waals surface area contributed by atoms with Crippen LogP contribution in [-0.4, -0.2) is 36.9 Å². The first-order valence-electron chi connectivity index (χ1n) is 7.70. The first-order valence-corrected chi connectivity index (χ1v) is 7.70. The first kappa shape index (κ1) is 16.9. The zero-order chi connectivity index (χ0) is 16.8. The molecule has 1 atom stereocenters. The molecule has 2 rings (SSSR count). The third kappa shape index (κ3) is 4.27. The third-order valence-electron chi connectivity index (χ3n) is 3.75. The van der Waals surface area contributed by atoms with Gasteiger partial charge >= 0.3 is 0 Å². The van der Waals surface area contributed by atoms with Gasteiger partial charge in [0, 0.05) is 16.7 Å². The molecule has 0 radical (unpaired) electrons. The molecule has 0 fully saturated rings. The van der Waals surface area contributed by atoms with E-state index in [2.05, 4.69) is 5.32 Å². The quantitative estimate of drug-likeness (QED) is 0.659. The molecule has 4 heteroatoms. The summed E-state index contributed by atoms with van der Waals surface area (Å²) in [5.74, 6) is -0.179. The van der Waals surface area contributed by atoms with Gasteiger partial charge in [-0.25, -0.2) is 0 Å².